The van der Waals surface area contributed by atoms with Gasteiger partial charge in [-0.15, -0.1) is 0 Å². The number of hydrogen-bond acceptors (Lipinski definition) is 4. The van der Waals surface area contributed by atoms with Gasteiger partial charge in [-0.1, -0.05) is 133 Å². The fourth-order valence-corrected chi connectivity index (χ4v) is 9.12. The van der Waals surface area contributed by atoms with Gasteiger partial charge in [-0.25, -0.2) is 0 Å². The molecule has 4 aromatic carbocycles. The van der Waals surface area contributed by atoms with E-state index in [-0.39, 0.29) is 12.1 Å². The lowest BCUT2D eigenvalue weighted by atomic mass is 10.0. The molecule has 0 aliphatic heterocycles. The van der Waals surface area contributed by atoms with Gasteiger partial charge in [-0.3, -0.25) is 20.1 Å². The molecule has 0 saturated heterocycles. The van der Waals surface area contributed by atoms with E-state index in [0.717, 1.165) is 11.4 Å². The molecule has 2 unspecified atom stereocenters. The van der Waals surface area contributed by atoms with Crippen molar-refractivity contribution in [1.29, 1.82) is 0 Å². The number of pyridine rings is 2. The first kappa shape index (κ1) is 28.1. The summed E-state index contributed by atoms with van der Waals surface area (Å²) in [5.41, 5.74) is 1.94. The maximum Gasteiger partial charge on any atom is 0.0748 e. The Labute approximate surface area is 250 Å². The highest BCUT2D eigenvalue weighted by atomic mass is 31.1. The van der Waals surface area contributed by atoms with E-state index in [2.05, 4.69) is 156 Å². The van der Waals surface area contributed by atoms with Crippen LogP contribution in [-0.4, -0.2) is 9.97 Å². The van der Waals surface area contributed by atoms with Gasteiger partial charge in [0.15, 0.2) is 0 Å². The smallest absolute Gasteiger partial charge is 0.0748 e. The fraction of sp³-hybridized carbons (Fsp3) is 0.0556. The number of rotatable bonds is 11. The van der Waals surface area contributed by atoms with E-state index in [0.29, 0.717) is 0 Å². The van der Waals surface area contributed by atoms with Gasteiger partial charge in [0.25, 0.3) is 0 Å². The standard InChI is InChI=1S/C36H32N4P2/c1-5-17-29(18-6-1)41(30-19-7-2-8-20-30)39-35(33-25-13-15-27-37-33)36(34-26-14-16-28-38-34)40-42(31-21-9-3-10-22-31)32-23-11-4-12-24-32/h1-28,35-36,39-40H. The van der Waals surface area contributed by atoms with E-state index in [1.54, 1.807) is 0 Å². The van der Waals surface area contributed by atoms with Crippen molar-refractivity contribution in [2.24, 2.45) is 0 Å². The van der Waals surface area contributed by atoms with Gasteiger partial charge in [0.1, 0.15) is 0 Å². The third kappa shape index (κ3) is 6.87. The van der Waals surface area contributed by atoms with Gasteiger partial charge in [-0.2, -0.15) is 0 Å². The second kappa shape index (κ2) is 14.2. The highest BCUT2D eigenvalue weighted by Gasteiger charge is 2.33. The molecule has 206 valence electrons. The summed E-state index contributed by atoms with van der Waals surface area (Å²) in [6.07, 6.45) is 3.76. The van der Waals surface area contributed by atoms with E-state index in [4.69, 9.17) is 9.97 Å². The average molecular weight is 583 g/mol. The minimum atomic E-state index is -0.921. The molecular weight excluding hydrogens is 550 g/mol. The molecule has 42 heavy (non-hydrogen) atoms. The third-order valence-electron chi connectivity index (χ3n) is 6.94. The van der Waals surface area contributed by atoms with Crippen LogP contribution in [0.2, 0.25) is 0 Å². The predicted molar refractivity (Wildman–Crippen MR) is 178 cm³/mol. The summed E-state index contributed by atoms with van der Waals surface area (Å²) in [7, 11) is -1.84. The lowest BCUT2D eigenvalue weighted by molar-refractivity contribution is 0.488. The summed E-state index contributed by atoms with van der Waals surface area (Å²) < 4.78 is 0. The van der Waals surface area contributed by atoms with Crippen LogP contribution in [0.3, 0.4) is 0 Å². The normalized spacial score (nSPS) is 12.7. The molecule has 4 nitrogen and oxygen atoms in total. The van der Waals surface area contributed by atoms with Crippen LogP contribution in [-0.2, 0) is 0 Å². The van der Waals surface area contributed by atoms with Crippen LogP contribution in [0.1, 0.15) is 23.5 Å². The number of nitrogens with zero attached hydrogens (tertiary/aromatic N) is 2. The summed E-state index contributed by atoms with van der Waals surface area (Å²) in [6, 6.07) is 54.9. The SMILES string of the molecule is c1ccc(P(NC(c2ccccn2)C(NP(c2ccccc2)c2ccccc2)c2ccccn2)c2ccccc2)cc1. The zero-order valence-corrected chi connectivity index (χ0v) is 24.9. The van der Waals surface area contributed by atoms with E-state index >= 15 is 0 Å². The molecular formula is C36H32N4P2. The van der Waals surface area contributed by atoms with Crippen molar-refractivity contribution in [3.05, 3.63) is 182 Å². The van der Waals surface area contributed by atoms with E-state index in [1.165, 1.54) is 21.2 Å². The molecule has 0 spiro atoms. The molecule has 2 aromatic heterocycles. The summed E-state index contributed by atoms with van der Waals surface area (Å²) in [5.74, 6) is 0. The van der Waals surface area contributed by atoms with Crippen molar-refractivity contribution in [2.45, 2.75) is 12.1 Å². The second-order valence-electron chi connectivity index (χ2n) is 9.74. The van der Waals surface area contributed by atoms with Crippen LogP contribution in [0.5, 0.6) is 0 Å². The first-order valence-corrected chi connectivity index (χ1v) is 16.7. The molecule has 6 aromatic rings. The molecule has 0 fully saturated rings. The Balaban J connectivity index is 1.49. The Kier molecular flexibility index (Phi) is 9.52. The molecule has 0 bridgehead atoms. The first-order chi connectivity index (χ1) is 20.9. The summed E-state index contributed by atoms with van der Waals surface area (Å²) in [6.45, 7) is 0. The number of hydrogen-bond donors (Lipinski definition) is 2. The quantitative estimate of drug-likeness (QED) is 0.171. The van der Waals surface area contributed by atoms with Gasteiger partial charge in [0, 0.05) is 28.5 Å². The Morgan fingerprint density at radius 1 is 0.357 bits per heavy atom. The molecule has 0 aliphatic rings. The molecule has 2 heterocycles. The minimum absolute atomic E-state index is 0.176. The van der Waals surface area contributed by atoms with Crippen molar-refractivity contribution in [2.75, 3.05) is 0 Å². The minimum Gasteiger partial charge on any atom is -0.278 e. The van der Waals surface area contributed by atoms with Crippen LogP contribution in [0, 0.1) is 0 Å². The molecule has 0 radical (unpaired) electrons. The van der Waals surface area contributed by atoms with Crippen LogP contribution in [0.4, 0.5) is 0 Å². The Bertz CT molecular complexity index is 1420. The summed E-state index contributed by atoms with van der Waals surface area (Å²) in [5, 5.41) is 13.3. The Morgan fingerprint density at radius 3 is 0.905 bits per heavy atom. The van der Waals surface area contributed by atoms with Crippen molar-refractivity contribution < 1.29 is 0 Å². The molecule has 2 atom stereocenters. The van der Waals surface area contributed by atoms with Gasteiger partial charge < -0.3 is 0 Å². The molecule has 0 aliphatic carbocycles. The Morgan fingerprint density at radius 2 is 0.643 bits per heavy atom. The van der Waals surface area contributed by atoms with Crippen LogP contribution in [0.15, 0.2) is 170 Å². The summed E-state index contributed by atoms with van der Waals surface area (Å²) in [4.78, 5) is 9.81. The highest BCUT2D eigenvalue weighted by molar-refractivity contribution is 7.71. The maximum atomic E-state index is 4.91. The molecule has 0 saturated carbocycles. The van der Waals surface area contributed by atoms with E-state index < -0.39 is 16.1 Å². The van der Waals surface area contributed by atoms with Crippen LogP contribution < -0.4 is 31.4 Å². The third-order valence-corrected chi connectivity index (χ3v) is 11.3. The van der Waals surface area contributed by atoms with Gasteiger partial charge in [0.05, 0.1) is 23.5 Å². The number of aromatic nitrogens is 2. The lowest BCUT2D eigenvalue weighted by Crippen LogP contribution is -2.38. The van der Waals surface area contributed by atoms with Crippen molar-refractivity contribution in [3.63, 3.8) is 0 Å². The molecule has 6 rings (SSSR count). The largest absolute Gasteiger partial charge is 0.278 e. The van der Waals surface area contributed by atoms with E-state index in [9.17, 15) is 0 Å². The summed E-state index contributed by atoms with van der Waals surface area (Å²) >= 11 is 0. The fourth-order valence-electron chi connectivity index (χ4n) is 4.93. The zero-order chi connectivity index (χ0) is 28.4. The monoisotopic (exact) mass is 582 g/mol. The van der Waals surface area contributed by atoms with Gasteiger partial charge in [-0.05, 0) is 45.5 Å². The molecule has 0 amide bonds. The van der Waals surface area contributed by atoms with Crippen molar-refractivity contribution in [3.8, 4) is 0 Å². The van der Waals surface area contributed by atoms with E-state index in [1.807, 2.05) is 24.5 Å². The topological polar surface area (TPSA) is 49.8 Å². The van der Waals surface area contributed by atoms with Crippen LogP contribution in [0.25, 0.3) is 0 Å². The lowest BCUT2D eigenvalue weighted by Gasteiger charge is -2.35. The second-order valence-corrected chi connectivity index (χ2v) is 13.7. The zero-order valence-electron chi connectivity index (χ0n) is 23.1. The van der Waals surface area contributed by atoms with Gasteiger partial charge in [0.2, 0.25) is 0 Å². The van der Waals surface area contributed by atoms with Crippen LogP contribution >= 0.6 is 16.1 Å². The van der Waals surface area contributed by atoms with Crippen molar-refractivity contribution >= 4 is 37.4 Å². The number of nitrogens with one attached hydrogen (secondary N) is 2. The predicted octanol–water partition coefficient (Wildman–Crippen LogP) is 6.53. The first-order valence-electron chi connectivity index (χ1n) is 14.0. The Hall–Kier alpha value is -4.04. The van der Waals surface area contributed by atoms with Gasteiger partial charge >= 0.3 is 0 Å². The molecule has 2 N–H and O–H groups in total. The molecule has 6 heteroatoms. The maximum absolute atomic E-state index is 4.91. The highest BCUT2D eigenvalue weighted by Crippen LogP contribution is 2.42. The average Bonchev–Trinajstić information content (AvgIpc) is 3.09. The van der Waals surface area contributed by atoms with Crippen molar-refractivity contribution in [1.82, 2.24) is 20.1 Å². The number of benzene rings is 4.